The number of hydrogen-bond donors (Lipinski definition) is 1. The van der Waals surface area contributed by atoms with Gasteiger partial charge in [-0.05, 0) is 279 Å². The number of esters is 3. The summed E-state index contributed by atoms with van der Waals surface area (Å²) in [6.07, 6.45) is -0.150. The molecule has 5 unspecified atom stereocenters. The summed E-state index contributed by atoms with van der Waals surface area (Å²) in [5, 5.41) is 5.89. The number of aromatic hydroxyl groups is 1. The molecular weight excluding hydrogens is 1490 g/mol. The lowest BCUT2D eigenvalue weighted by molar-refractivity contribution is -0.270. The van der Waals surface area contributed by atoms with Gasteiger partial charge < -0.3 is 28.6 Å². The molecule has 5 fully saturated rings. The number of carbonyl (C=O) groups is 3. The molecule has 20 heteroatoms. The third-order valence-corrected chi connectivity index (χ3v) is 24.4. The molecule has 5 aromatic carbocycles. The van der Waals surface area contributed by atoms with Gasteiger partial charge in [0.25, 0.3) is 6.10 Å². The van der Waals surface area contributed by atoms with Crippen LogP contribution in [0.5, 0.6) is 11.5 Å². The van der Waals surface area contributed by atoms with E-state index < -0.39 is 56.0 Å². The van der Waals surface area contributed by atoms with E-state index in [1.807, 2.05) is 32.9 Å². The fourth-order valence-corrected chi connectivity index (χ4v) is 17.6. The van der Waals surface area contributed by atoms with Crippen LogP contribution in [0.1, 0.15) is 216 Å². The molecule has 0 spiro atoms. The van der Waals surface area contributed by atoms with E-state index in [1.165, 1.54) is 56.2 Å². The van der Waals surface area contributed by atoms with Gasteiger partial charge in [-0.3, -0.25) is 14.4 Å². The van der Waals surface area contributed by atoms with Crippen LogP contribution in [-0.4, -0.2) is 70.3 Å². The minimum Gasteiger partial charge on any atom is -0.743 e. The largest absolute Gasteiger partial charge is 0.743 e. The van der Waals surface area contributed by atoms with Gasteiger partial charge >= 0.3 is 29.3 Å². The monoisotopic (exact) mass is 1590 g/mol. The molecule has 0 radical (unpaired) electrons. The van der Waals surface area contributed by atoms with E-state index in [2.05, 4.69) is 196 Å². The van der Waals surface area contributed by atoms with Gasteiger partial charge in [-0.1, -0.05) is 103 Å². The number of ether oxygens (including phenoxy) is 4. The molecule has 0 aliphatic heterocycles. The lowest BCUT2D eigenvalue weighted by atomic mass is 9.48. The number of halogens is 7. The molecule has 4 bridgehead atoms. The van der Waals surface area contributed by atoms with Crippen LogP contribution in [0.4, 0.5) is 22.0 Å². The molecule has 0 amide bonds. The van der Waals surface area contributed by atoms with Crippen LogP contribution < -0.4 is 4.74 Å². The Balaban J connectivity index is 0.000000199. The second-order valence-electron chi connectivity index (χ2n) is 28.5. The van der Waals surface area contributed by atoms with Crippen LogP contribution in [0.3, 0.4) is 0 Å². The first-order chi connectivity index (χ1) is 44.2. The molecule has 1 N–H and O–H groups in total. The predicted molar refractivity (Wildman–Crippen MR) is 385 cm³/mol. The van der Waals surface area contributed by atoms with Crippen LogP contribution >= 0.6 is 55.7 Å². The third kappa shape index (κ3) is 19.8. The van der Waals surface area contributed by atoms with Gasteiger partial charge in [-0.15, -0.1) is 0 Å². The minimum absolute atomic E-state index is 0.0376. The Morgan fingerprint density at radius 1 is 0.674 bits per heavy atom. The maximum atomic E-state index is 13.9. The first-order valence-electron chi connectivity index (χ1n) is 33.2. The summed E-state index contributed by atoms with van der Waals surface area (Å²) in [4.78, 5) is 38.9. The van der Waals surface area contributed by atoms with Crippen molar-refractivity contribution < 1.29 is 73.4 Å². The van der Waals surface area contributed by atoms with Gasteiger partial charge in [0.05, 0.1) is 19.8 Å². The molecule has 6 aromatic rings. The molecular formula is C75H97F5I2O11S2. The molecule has 11 nitrogen and oxygen atoms in total. The van der Waals surface area contributed by atoms with Crippen LogP contribution in [0.2, 0.25) is 0 Å². The van der Waals surface area contributed by atoms with Crippen LogP contribution in [0, 0.1) is 35.2 Å². The van der Waals surface area contributed by atoms with E-state index in [-0.39, 0.29) is 64.2 Å². The van der Waals surface area contributed by atoms with Crippen molar-refractivity contribution in [3.63, 3.8) is 0 Å². The van der Waals surface area contributed by atoms with E-state index in [9.17, 15) is 49.3 Å². The van der Waals surface area contributed by atoms with Crippen molar-refractivity contribution in [1.82, 2.24) is 0 Å². The third-order valence-electron chi connectivity index (χ3n) is 19.8. The maximum Gasteiger partial charge on any atom is 0.432 e. The van der Waals surface area contributed by atoms with E-state index in [0.29, 0.717) is 43.3 Å². The van der Waals surface area contributed by atoms with E-state index in [0.717, 1.165) is 44.3 Å². The van der Waals surface area contributed by atoms with Crippen LogP contribution in [-0.2, 0) is 38.7 Å². The van der Waals surface area contributed by atoms with Crippen LogP contribution in [0.25, 0.3) is 25.1 Å². The Hall–Kier alpha value is -4.65. The highest BCUT2D eigenvalue weighted by atomic mass is 127. The minimum atomic E-state index is -6.78. The number of thiophene rings is 1. The van der Waals surface area contributed by atoms with Crippen molar-refractivity contribution in [2.45, 2.75) is 239 Å². The topological polar surface area (TPSA) is 166 Å². The zero-order valence-corrected chi connectivity index (χ0v) is 63.4. The molecule has 5 aliphatic rings. The number of hydrogen-bond acceptors (Lipinski definition) is 11. The number of phenols is 1. The number of alkyl halides is 5. The number of rotatable bonds is 18. The summed E-state index contributed by atoms with van der Waals surface area (Å²) in [5.74, 6) is -0.0796. The fraction of sp³-hybridized carbons (Fsp3) is 0.560. The second kappa shape index (κ2) is 32.1. The average Bonchev–Trinajstić information content (AvgIpc) is 1.40. The highest BCUT2D eigenvalue weighted by Gasteiger charge is 2.67. The van der Waals surface area contributed by atoms with E-state index >= 15 is 0 Å². The smallest absolute Gasteiger partial charge is 0.432 e. The number of benzene rings is 5. The van der Waals surface area contributed by atoms with Gasteiger partial charge in [0, 0.05) is 31.2 Å². The standard InChI is InChI=1S/C20H27F5O7S.C18H13S.C15H22I2O.C12H22O2.C10H14O/c1-4-16(2,3)14(26)32-18-8-11-5-12(9-18)7-17(6-11,10-18)15(27)31-13(19(21,22)23)20(24,25)33(28,29)30;1-2-8-14(9-3-1)19-17-12-6-4-10-15(17)16-11-5-7-13-18(16)19;1-6-10(3)12-8-11(16)9-13(17)14(12)18-15(4,5)7-2;1-5-11(2,3)10(13)14-12(4)8-6-7-9-12;1-3-8(2)9-4-6-10(11)7-5-9/h11-13H,4-10H2,1-3H3,(H,28,29,30);1-13H;8-10H,6-7H2,1-5H3;5-9H2,1-4H3;4-8,11H,3H2,1-2H3/q;+1;;;/p-1. The molecule has 1 heterocycles. The second-order valence-corrected chi connectivity index (χ2v) is 34.3. The number of phenolic OH excluding ortho intramolecular Hbond substituents is 1. The molecule has 1 aromatic heterocycles. The van der Waals surface area contributed by atoms with Gasteiger partial charge in [-0.2, -0.15) is 22.0 Å². The normalized spacial score (nSPS) is 20.8. The van der Waals surface area contributed by atoms with Crippen molar-refractivity contribution in [1.29, 1.82) is 0 Å². The molecule has 11 rings (SSSR count). The summed E-state index contributed by atoms with van der Waals surface area (Å²) in [5.41, 5.74) is -1.60. The molecule has 5 atom stereocenters. The Bertz CT molecular complexity index is 3610. The molecule has 5 aliphatic carbocycles. The van der Waals surface area contributed by atoms with Crippen LogP contribution in [0.15, 0.2) is 115 Å². The van der Waals surface area contributed by atoms with Crippen molar-refractivity contribution in [2.24, 2.45) is 28.1 Å². The quantitative estimate of drug-likeness (QED) is 0.0217. The number of carbonyl (C=O) groups excluding carboxylic acids is 3. The maximum absolute atomic E-state index is 13.9. The molecule has 524 valence electrons. The van der Waals surface area contributed by atoms with Gasteiger partial charge in [0.2, 0.25) is 0 Å². The lowest BCUT2D eigenvalue weighted by Gasteiger charge is -2.60. The predicted octanol–water partition coefficient (Wildman–Crippen LogP) is 21.8. The van der Waals surface area contributed by atoms with Crippen molar-refractivity contribution in [3.05, 3.63) is 134 Å². The van der Waals surface area contributed by atoms with Gasteiger partial charge in [0.15, 0.2) is 24.4 Å². The highest BCUT2D eigenvalue weighted by molar-refractivity contribution is 14.1. The molecule has 0 saturated heterocycles. The summed E-state index contributed by atoms with van der Waals surface area (Å²) < 4.78 is 127. The SMILES string of the molecule is CCC(C)(C)C(=O)OC1(C)CCCC1.CCC(C)(C)C(=O)OC12CC3CC(C1)CC(C(=O)OC(C(F)(F)F)C(F)(F)S(=O)(=O)[O-])(C3)C2.CCC(C)c1cc(I)cc(I)c1OC(C)(C)CC.CCC(C)c1ccc(O)cc1.c1ccc(-[s+]2c3ccccc3c3ccccc32)cc1. The van der Waals surface area contributed by atoms with Gasteiger partial charge in [-0.25, -0.2) is 8.42 Å². The zero-order valence-electron chi connectivity index (χ0n) is 57.5. The Labute approximate surface area is 590 Å². The zero-order chi connectivity index (χ0) is 70.9. The molecule has 5 saturated carbocycles. The Morgan fingerprint density at radius 3 is 1.62 bits per heavy atom. The van der Waals surface area contributed by atoms with E-state index in [4.69, 9.17) is 19.3 Å². The summed E-state index contributed by atoms with van der Waals surface area (Å²) in [6, 6.07) is 40.3. The van der Waals surface area contributed by atoms with Crippen molar-refractivity contribution in [2.75, 3.05) is 0 Å². The molecule has 95 heavy (non-hydrogen) atoms. The Kier molecular flexibility index (Phi) is 26.8. The fourth-order valence-electron chi connectivity index (χ4n) is 12.8. The average molecular weight is 1590 g/mol. The van der Waals surface area contributed by atoms with Crippen molar-refractivity contribution >= 4 is 104 Å². The first kappa shape index (κ1) is 79.3. The lowest BCUT2D eigenvalue weighted by Crippen LogP contribution is -2.62. The number of fused-ring (bicyclic) bond motifs is 3. The summed E-state index contributed by atoms with van der Waals surface area (Å²) in [6.45, 7) is 28.4. The highest BCUT2D eigenvalue weighted by Crippen LogP contribution is 2.64. The Morgan fingerprint density at radius 2 is 1.16 bits per heavy atom. The summed E-state index contributed by atoms with van der Waals surface area (Å²) in [7, 11) is -6.72. The first-order valence-corrected chi connectivity index (χ1v) is 38.0. The summed E-state index contributed by atoms with van der Waals surface area (Å²) >= 11 is 4.77. The van der Waals surface area contributed by atoms with Gasteiger partial charge in [0.1, 0.15) is 28.3 Å². The van der Waals surface area contributed by atoms with Crippen molar-refractivity contribution in [3.8, 4) is 16.4 Å². The van der Waals surface area contributed by atoms with E-state index in [1.54, 1.807) is 32.9 Å².